The minimum Gasteiger partial charge on any atom is -0.320 e. The molecule has 28 heavy (non-hydrogen) atoms. The van der Waals surface area contributed by atoms with E-state index in [-0.39, 0.29) is 5.91 Å². The molecule has 1 fully saturated rings. The number of rotatable bonds is 5. The Morgan fingerprint density at radius 2 is 2.00 bits per heavy atom. The minimum absolute atomic E-state index is 0.220. The first kappa shape index (κ1) is 19.0. The van der Waals surface area contributed by atoms with E-state index >= 15 is 0 Å². The maximum atomic E-state index is 12.6. The largest absolute Gasteiger partial charge is 0.320 e. The van der Waals surface area contributed by atoms with Gasteiger partial charge in [0.2, 0.25) is 0 Å². The number of carbonyl (C=O) groups is 1. The standard InChI is InChI=1S/C20H21N5OS2/c1-14-11-15(12-25-7-9-27-10-8-25)3-4-16(14)23-19(26)17-13-28-20(24-17)18-21-5-2-6-22-18/h2-6,11,13H,7-10,12H2,1H3,(H,23,26). The van der Waals surface area contributed by atoms with Crippen LogP contribution >= 0.6 is 23.1 Å². The van der Waals surface area contributed by atoms with E-state index in [2.05, 4.69) is 37.3 Å². The Kier molecular flexibility index (Phi) is 5.99. The molecule has 1 saturated heterocycles. The summed E-state index contributed by atoms with van der Waals surface area (Å²) in [5.74, 6) is 2.72. The number of nitrogens with one attached hydrogen (secondary N) is 1. The zero-order valence-corrected chi connectivity index (χ0v) is 17.2. The Balaban J connectivity index is 1.42. The van der Waals surface area contributed by atoms with Gasteiger partial charge in [-0.2, -0.15) is 11.8 Å². The van der Waals surface area contributed by atoms with Crippen LogP contribution in [0.3, 0.4) is 0 Å². The van der Waals surface area contributed by atoms with Crippen molar-refractivity contribution in [2.24, 2.45) is 0 Å². The molecule has 0 saturated carbocycles. The zero-order valence-electron chi connectivity index (χ0n) is 15.6. The fraction of sp³-hybridized carbons (Fsp3) is 0.300. The van der Waals surface area contributed by atoms with Gasteiger partial charge in [-0.1, -0.05) is 12.1 Å². The first-order valence-corrected chi connectivity index (χ1v) is 11.2. The van der Waals surface area contributed by atoms with Crippen LogP contribution in [-0.4, -0.2) is 50.4 Å². The highest BCUT2D eigenvalue weighted by molar-refractivity contribution is 7.99. The number of hydrogen-bond acceptors (Lipinski definition) is 7. The van der Waals surface area contributed by atoms with Gasteiger partial charge in [-0.25, -0.2) is 15.0 Å². The fourth-order valence-electron chi connectivity index (χ4n) is 3.06. The van der Waals surface area contributed by atoms with Crippen molar-refractivity contribution in [1.29, 1.82) is 0 Å². The van der Waals surface area contributed by atoms with Crippen LogP contribution in [0.2, 0.25) is 0 Å². The molecule has 1 aliphatic rings. The first-order chi connectivity index (χ1) is 13.7. The van der Waals surface area contributed by atoms with Gasteiger partial charge >= 0.3 is 0 Å². The van der Waals surface area contributed by atoms with Crippen molar-refractivity contribution in [3.05, 3.63) is 58.9 Å². The second kappa shape index (κ2) is 8.81. The lowest BCUT2D eigenvalue weighted by atomic mass is 10.1. The maximum absolute atomic E-state index is 12.6. The van der Waals surface area contributed by atoms with E-state index < -0.39 is 0 Å². The molecular weight excluding hydrogens is 390 g/mol. The third kappa shape index (κ3) is 4.57. The van der Waals surface area contributed by atoms with Gasteiger partial charge in [0.15, 0.2) is 10.8 Å². The van der Waals surface area contributed by atoms with Gasteiger partial charge in [-0.3, -0.25) is 9.69 Å². The Morgan fingerprint density at radius 3 is 2.75 bits per heavy atom. The van der Waals surface area contributed by atoms with E-state index in [0.29, 0.717) is 16.5 Å². The molecule has 0 aliphatic carbocycles. The normalized spacial score (nSPS) is 14.8. The summed E-state index contributed by atoms with van der Waals surface area (Å²) in [5.41, 5.74) is 3.52. The summed E-state index contributed by atoms with van der Waals surface area (Å²) in [7, 11) is 0. The summed E-state index contributed by atoms with van der Waals surface area (Å²) in [6.07, 6.45) is 3.33. The van der Waals surface area contributed by atoms with Crippen molar-refractivity contribution in [2.45, 2.75) is 13.5 Å². The topological polar surface area (TPSA) is 71.0 Å². The smallest absolute Gasteiger partial charge is 0.275 e. The highest BCUT2D eigenvalue weighted by atomic mass is 32.2. The summed E-state index contributed by atoms with van der Waals surface area (Å²) in [4.78, 5) is 27.8. The summed E-state index contributed by atoms with van der Waals surface area (Å²) in [5, 5.41) is 5.34. The monoisotopic (exact) mass is 411 g/mol. The van der Waals surface area contributed by atoms with Crippen molar-refractivity contribution in [2.75, 3.05) is 29.9 Å². The lowest BCUT2D eigenvalue weighted by Crippen LogP contribution is -2.31. The molecule has 0 atom stereocenters. The molecule has 3 heterocycles. The highest BCUT2D eigenvalue weighted by Gasteiger charge is 2.15. The zero-order chi connectivity index (χ0) is 19.3. The second-order valence-electron chi connectivity index (χ2n) is 6.60. The Morgan fingerprint density at radius 1 is 1.21 bits per heavy atom. The first-order valence-electron chi connectivity index (χ1n) is 9.13. The van der Waals surface area contributed by atoms with Crippen LogP contribution in [-0.2, 0) is 6.54 Å². The highest BCUT2D eigenvalue weighted by Crippen LogP contribution is 2.22. The number of nitrogens with zero attached hydrogens (tertiary/aromatic N) is 4. The molecule has 0 spiro atoms. The molecule has 1 aromatic carbocycles. The summed E-state index contributed by atoms with van der Waals surface area (Å²) in [6, 6.07) is 7.98. The quantitative estimate of drug-likeness (QED) is 0.690. The van der Waals surface area contributed by atoms with Gasteiger partial charge in [0.1, 0.15) is 5.69 Å². The SMILES string of the molecule is Cc1cc(CN2CCSCC2)ccc1NC(=O)c1csc(-c2ncccn2)n1. The summed E-state index contributed by atoms with van der Waals surface area (Å²) < 4.78 is 0. The second-order valence-corrected chi connectivity index (χ2v) is 8.69. The predicted octanol–water partition coefficient (Wildman–Crippen LogP) is 3.71. The number of anilines is 1. The number of carbonyl (C=O) groups excluding carboxylic acids is 1. The van der Waals surface area contributed by atoms with Gasteiger partial charge in [-0.05, 0) is 30.2 Å². The molecule has 0 unspecified atom stereocenters. The Hall–Kier alpha value is -2.29. The van der Waals surface area contributed by atoms with Gasteiger partial charge in [0, 0.05) is 54.6 Å². The Bertz CT molecular complexity index is 954. The van der Waals surface area contributed by atoms with E-state index in [1.54, 1.807) is 23.8 Å². The van der Waals surface area contributed by atoms with Crippen LogP contribution in [0.5, 0.6) is 0 Å². The van der Waals surface area contributed by atoms with Gasteiger partial charge in [0.25, 0.3) is 5.91 Å². The van der Waals surface area contributed by atoms with Crippen molar-refractivity contribution < 1.29 is 4.79 Å². The van der Waals surface area contributed by atoms with Gasteiger partial charge in [-0.15, -0.1) is 11.3 Å². The van der Waals surface area contributed by atoms with E-state index in [1.807, 2.05) is 24.8 Å². The average Bonchev–Trinajstić information content (AvgIpc) is 3.22. The molecule has 8 heteroatoms. The van der Waals surface area contributed by atoms with Crippen LogP contribution in [0.1, 0.15) is 21.6 Å². The van der Waals surface area contributed by atoms with E-state index in [1.165, 1.54) is 28.4 Å². The molecule has 1 amide bonds. The number of thioether (sulfide) groups is 1. The summed E-state index contributed by atoms with van der Waals surface area (Å²) >= 11 is 3.38. The third-order valence-electron chi connectivity index (χ3n) is 4.54. The molecule has 1 N–H and O–H groups in total. The molecule has 0 bridgehead atoms. The number of aromatic nitrogens is 3. The predicted molar refractivity (Wildman–Crippen MR) is 115 cm³/mol. The van der Waals surface area contributed by atoms with Crippen LogP contribution in [0.25, 0.3) is 10.8 Å². The van der Waals surface area contributed by atoms with Crippen LogP contribution in [0.15, 0.2) is 42.0 Å². The number of aryl methyl sites for hydroxylation is 1. The molecule has 6 nitrogen and oxygen atoms in total. The number of thiazole rings is 1. The van der Waals surface area contributed by atoms with Crippen LogP contribution < -0.4 is 5.32 Å². The van der Waals surface area contributed by atoms with Crippen molar-refractivity contribution in [3.8, 4) is 10.8 Å². The molecular formula is C20H21N5OS2. The number of benzene rings is 1. The molecule has 2 aromatic heterocycles. The molecule has 1 aliphatic heterocycles. The average molecular weight is 412 g/mol. The molecule has 0 radical (unpaired) electrons. The van der Waals surface area contributed by atoms with E-state index in [4.69, 9.17) is 0 Å². The van der Waals surface area contributed by atoms with Crippen molar-refractivity contribution in [1.82, 2.24) is 19.9 Å². The lowest BCUT2D eigenvalue weighted by molar-refractivity contribution is 0.102. The van der Waals surface area contributed by atoms with Gasteiger partial charge < -0.3 is 5.32 Å². The molecule has 4 rings (SSSR count). The van der Waals surface area contributed by atoms with Crippen molar-refractivity contribution >= 4 is 34.7 Å². The fourth-order valence-corrected chi connectivity index (χ4v) is 4.78. The Labute approximate surface area is 172 Å². The molecule has 144 valence electrons. The van der Waals surface area contributed by atoms with Gasteiger partial charge in [0.05, 0.1) is 0 Å². The van der Waals surface area contributed by atoms with Crippen LogP contribution in [0, 0.1) is 6.92 Å². The van der Waals surface area contributed by atoms with E-state index in [9.17, 15) is 4.79 Å². The number of hydrogen-bond donors (Lipinski definition) is 1. The van der Waals surface area contributed by atoms with E-state index in [0.717, 1.165) is 30.9 Å². The van der Waals surface area contributed by atoms with Crippen molar-refractivity contribution in [3.63, 3.8) is 0 Å². The minimum atomic E-state index is -0.220. The lowest BCUT2D eigenvalue weighted by Gasteiger charge is -2.26. The van der Waals surface area contributed by atoms with Crippen LogP contribution in [0.4, 0.5) is 5.69 Å². The summed E-state index contributed by atoms with van der Waals surface area (Å²) in [6.45, 7) is 5.26. The molecule has 3 aromatic rings. The third-order valence-corrected chi connectivity index (χ3v) is 6.32. The number of amides is 1. The maximum Gasteiger partial charge on any atom is 0.275 e.